The monoisotopic (exact) mass is 126 g/mol. The smallest absolute Gasteiger partial charge is 0.00204 e. The molecule has 0 aliphatic carbocycles. The van der Waals surface area contributed by atoms with Gasteiger partial charge >= 0.3 is 0 Å². The van der Waals surface area contributed by atoms with Gasteiger partial charge in [-0.05, 0) is 44.7 Å². The molecule has 0 saturated carbocycles. The molecule has 1 nitrogen and oxygen atoms in total. The Morgan fingerprint density at radius 3 is 3.11 bits per heavy atom. The molecular weight excluding hydrogens is 110 g/mol. The quantitative estimate of drug-likeness (QED) is 0.592. The molecule has 1 heteroatoms. The molecule has 0 spiro atoms. The normalized spacial score (nSPS) is 28.3. The third-order valence-electron chi connectivity index (χ3n) is 1.97. The van der Waals surface area contributed by atoms with E-state index in [1.165, 1.54) is 32.4 Å². The Morgan fingerprint density at radius 1 is 1.67 bits per heavy atom. The van der Waals surface area contributed by atoms with Crippen LogP contribution < -0.4 is 5.32 Å². The first-order valence-electron chi connectivity index (χ1n) is 3.92. The first-order valence-corrected chi connectivity index (χ1v) is 3.92. The van der Waals surface area contributed by atoms with Gasteiger partial charge in [0.25, 0.3) is 0 Å². The fraction of sp³-hybridized carbons (Fsp3) is 0.875. The van der Waals surface area contributed by atoms with Crippen molar-refractivity contribution in [3.63, 3.8) is 0 Å². The molecule has 53 valence electrons. The van der Waals surface area contributed by atoms with E-state index in [0.29, 0.717) is 0 Å². The van der Waals surface area contributed by atoms with Crippen molar-refractivity contribution in [2.24, 2.45) is 5.92 Å². The van der Waals surface area contributed by atoms with E-state index in [1.807, 2.05) is 0 Å². The Kier molecular flexibility index (Phi) is 3.05. The molecule has 1 rings (SSSR count). The molecule has 1 radical (unpaired) electrons. The maximum absolute atomic E-state index is 3.40. The minimum absolute atomic E-state index is 0.934. The average Bonchev–Trinajstić information content (AvgIpc) is 1.91. The highest BCUT2D eigenvalue weighted by atomic mass is 14.9. The Bertz CT molecular complexity index is 62.2. The number of nitrogens with one attached hydrogen (secondary N) is 1. The van der Waals surface area contributed by atoms with Gasteiger partial charge in [0.15, 0.2) is 0 Å². The van der Waals surface area contributed by atoms with Crippen molar-refractivity contribution in [2.45, 2.75) is 26.2 Å². The van der Waals surface area contributed by atoms with E-state index in [9.17, 15) is 0 Å². The topological polar surface area (TPSA) is 12.0 Å². The highest BCUT2D eigenvalue weighted by Gasteiger charge is 2.10. The lowest BCUT2D eigenvalue weighted by molar-refractivity contribution is 0.374. The molecule has 1 fully saturated rings. The largest absolute Gasteiger partial charge is 0.316 e. The van der Waals surface area contributed by atoms with E-state index >= 15 is 0 Å². The molecule has 0 aromatic heterocycles. The maximum Gasteiger partial charge on any atom is -0.00204 e. The van der Waals surface area contributed by atoms with E-state index in [-0.39, 0.29) is 0 Å². The molecular formula is C8H16N. The SMILES string of the molecule is C[CH]CC1CCCNC1. The van der Waals surface area contributed by atoms with Crippen molar-refractivity contribution in [3.05, 3.63) is 6.42 Å². The second kappa shape index (κ2) is 3.89. The third kappa shape index (κ3) is 2.35. The van der Waals surface area contributed by atoms with Crippen LogP contribution in [0.1, 0.15) is 26.2 Å². The summed E-state index contributed by atoms with van der Waals surface area (Å²) in [5.74, 6) is 0.934. The minimum Gasteiger partial charge on any atom is -0.316 e. The molecule has 1 aliphatic heterocycles. The zero-order valence-corrected chi connectivity index (χ0v) is 6.19. The molecule has 9 heavy (non-hydrogen) atoms. The molecule has 1 N–H and O–H groups in total. The molecule has 0 bridgehead atoms. The van der Waals surface area contributed by atoms with Crippen LogP contribution in [0.2, 0.25) is 0 Å². The van der Waals surface area contributed by atoms with Crippen LogP contribution in [0.3, 0.4) is 0 Å². The summed E-state index contributed by atoms with van der Waals surface area (Å²) in [6, 6.07) is 0. The lowest BCUT2D eigenvalue weighted by atomic mass is 9.95. The molecule has 0 aromatic rings. The zero-order chi connectivity index (χ0) is 6.53. The maximum atomic E-state index is 3.40. The Morgan fingerprint density at radius 2 is 2.56 bits per heavy atom. The number of hydrogen-bond acceptors (Lipinski definition) is 1. The van der Waals surface area contributed by atoms with E-state index in [4.69, 9.17) is 0 Å². The first-order chi connectivity index (χ1) is 4.43. The second-order valence-electron chi connectivity index (χ2n) is 2.86. The molecule has 1 unspecified atom stereocenters. The van der Waals surface area contributed by atoms with E-state index in [0.717, 1.165) is 5.92 Å². The van der Waals surface area contributed by atoms with Gasteiger partial charge < -0.3 is 5.32 Å². The van der Waals surface area contributed by atoms with E-state index in [1.54, 1.807) is 0 Å². The summed E-state index contributed by atoms with van der Waals surface area (Å²) >= 11 is 0. The Labute approximate surface area is 57.8 Å². The predicted molar refractivity (Wildman–Crippen MR) is 40.2 cm³/mol. The van der Waals surface area contributed by atoms with Crippen molar-refractivity contribution in [3.8, 4) is 0 Å². The van der Waals surface area contributed by atoms with Crippen LogP contribution >= 0.6 is 0 Å². The van der Waals surface area contributed by atoms with Crippen LogP contribution in [-0.4, -0.2) is 13.1 Å². The summed E-state index contributed by atoms with van der Waals surface area (Å²) in [4.78, 5) is 0. The average molecular weight is 126 g/mol. The predicted octanol–water partition coefficient (Wildman–Crippen LogP) is 1.60. The van der Waals surface area contributed by atoms with Gasteiger partial charge in [-0.3, -0.25) is 0 Å². The Hall–Kier alpha value is -0.0400. The van der Waals surface area contributed by atoms with Gasteiger partial charge in [0.05, 0.1) is 0 Å². The fourth-order valence-electron chi connectivity index (χ4n) is 1.46. The number of rotatable bonds is 2. The summed E-state index contributed by atoms with van der Waals surface area (Å²) in [5.41, 5.74) is 0. The van der Waals surface area contributed by atoms with Gasteiger partial charge in [0, 0.05) is 0 Å². The fourth-order valence-corrected chi connectivity index (χ4v) is 1.46. The first kappa shape index (κ1) is 7.07. The van der Waals surface area contributed by atoms with Crippen LogP contribution in [0.4, 0.5) is 0 Å². The summed E-state index contributed by atoms with van der Waals surface area (Å²) in [6.07, 6.45) is 6.38. The van der Waals surface area contributed by atoms with Crippen LogP contribution in [0, 0.1) is 12.3 Å². The summed E-state index contributed by atoms with van der Waals surface area (Å²) < 4.78 is 0. The van der Waals surface area contributed by atoms with Gasteiger partial charge in [-0.15, -0.1) is 0 Å². The molecule has 1 saturated heterocycles. The van der Waals surface area contributed by atoms with E-state index in [2.05, 4.69) is 18.7 Å². The zero-order valence-electron chi connectivity index (χ0n) is 6.19. The van der Waals surface area contributed by atoms with Gasteiger partial charge in [0.1, 0.15) is 0 Å². The van der Waals surface area contributed by atoms with Crippen molar-refractivity contribution in [1.82, 2.24) is 5.32 Å². The Balaban J connectivity index is 2.08. The van der Waals surface area contributed by atoms with Gasteiger partial charge in [-0.2, -0.15) is 0 Å². The van der Waals surface area contributed by atoms with Crippen molar-refractivity contribution in [1.29, 1.82) is 0 Å². The molecule has 1 heterocycles. The van der Waals surface area contributed by atoms with Gasteiger partial charge in [-0.1, -0.05) is 6.92 Å². The van der Waals surface area contributed by atoms with Crippen LogP contribution in [-0.2, 0) is 0 Å². The molecule has 0 amide bonds. The number of hydrogen-bond donors (Lipinski definition) is 1. The molecule has 1 atom stereocenters. The summed E-state index contributed by atoms with van der Waals surface area (Å²) in [5, 5.41) is 3.40. The number of piperidine rings is 1. The second-order valence-corrected chi connectivity index (χ2v) is 2.86. The third-order valence-corrected chi connectivity index (χ3v) is 1.97. The van der Waals surface area contributed by atoms with Gasteiger partial charge in [0.2, 0.25) is 0 Å². The minimum atomic E-state index is 0.934. The van der Waals surface area contributed by atoms with Crippen LogP contribution in [0.15, 0.2) is 0 Å². The van der Waals surface area contributed by atoms with Crippen LogP contribution in [0.25, 0.3) is 0 Å². The van der Waals surface area contributed by atoms with Crippen LogP contribution in [0.5, 0.6) is 0 Å². The van der Waals surface area contributed by atoms with E-state index < -0.39 is 0 Å². The standard InChI is InChI=1S/C8H16N/c1-2-4-8-5-3-6-9-7-8/h2,8-9H,3-7H2,1H3. The van der Waals surface area contributed by atoms with Crippen molar-refractivity contribution in [2.75, 3.05) is 13.1 Å². The molecule has 0 aromatic carbocycles. The van der Waals surface area contributed by atoms with Gasteiger partial charge in [-0.25, -0.2) is 0 Å². The van der Waals surface area contributed by atoms with Crippen molar-refractivity contribution >= 4 is 0 Å². The lowest BCUT2D eigenvalue weighted by Gasteiger charge is -2.21. The summed E-state index contributed by atoms with van der Waals surface area (Å²) in [6.45, 7) is 4.62. The van der Waals surface area contributed by atoms with Crippen molar-refractivity contribution < 1.29 is 0 Å². The lowest BCUT2D eigenvalue weighted by Crippen LogP contribution is -2.29. The highest BCUT2D eigenvalue weighted by Crippen LogP contribution is 2.14. The molecule has 1 aliphatic rings. The summed E-state index contributed by atoms with van der Waals surface area (Å²) in [7, 11) is 0. The highest BCUT2D eigenvalue weighted by molar-refractivity contribution is 4.73.